The van der Waals surface area contributed by atoms with Crippen LogP contribution >= 0.6 is 0 Å². The highest BCUT2D eigenvalue weighted by Gasteiger charge is 2.17. The van der Waals surface area contributed by atoms with Gasteiger partial charge in [-0.3, -0.25) is 0 Å². The average molecular weight is 178 g/mol. The van der Waals surface area contributed by atoms with Crippen LogP contribution in [0.25, 0.3) is 0 Å². The fraction of sp³-hybridized carbons (Fsp3) is 0. The molecule has 2 rings (SSSR count). The van der Waals surface area contributed by atoms with E-state index in [-0.39, 0.29) is 0 Å². The lowest BCUT2D eigenvalue weighted by Gasteiger charge is -1.99. The Morgan fingerprint density at radius 2 is 1.50 bits per heavy atom. The topological polar surface area (TPSA) is 52.3 Å². The lowest BCUT2D eigenvalue weighted by molar-refractivity contribution is 0.587. The average Bonchev–Trinajstić information content (AvgIpc) is 2.77. The molecule has 0 spiro atoms. The molecule has 2 aromatic heterocycles. The third-order valence-electron chi connectivity index (χ3n) is 1.57. The normalized spacial score (nSPS) is 10.8. The molecule has 2 N–H and O–H groups in total. The van der Waals surface area contributed by atoms with Gasteiger partial charge in [0.2, 0.25) is 0 Å². The predicted octanol–water partition coefficient (Wildman–Crippen LogP) is -0.0630. The summed E-state index contributed by atoms with van der Waals surface area (Å²) in [7, 11) is -1.29. The second kappa shape index (κ2) is 3.00. The predicted molar refractivity (Wildman–Crippen MR) is 46.6 cm³/mol. The summed E-state index contributed by atoms with van der Waals surface area (Å²) in [6.07, 6.45) is 3.24. The van der Waals surface area contributed by atoms with Gasteiger partial charge in [0.1, 0.15) is 10.8 Å². The zero-order valence-corrected chi connectivity index (χ0v) is 7.36. The Balaban J connectivity index is 2.27. The van der Waals surface area contributed by atoms with Crippen molar-refractivity contribution < 1.29 is 8.83 Å². The largest absolute Gasteiger partial charge is 0.472 e. The van der Waals surface area contributed by atoms with Gasteiger partial charge in [-0.25, -0.2) is 0 Å². The van der Waals surface area contributed by atoms with E-state index in [2.05, 4.69) is 0 Å². The zero-order chi connectivity index (χ0) is 8.39. The van der Waals surface area contributed by atoms with Crippen molar-refractivity contribution in [2.24, 2.45) is 5.40 Å². The molecular weight excluding hydrogens is 170 g/mol. The maximum atomic E-state index is 5.92. The Morgan fingerprint density at radius 1 is 1.00 bits per heavy atom. The van der Waals surface area contributed by atoms with Crippen molar-refractivity contribution in [3.63, 3.8) is 0 Å². The first-order chi connectivity index (χ1) is 5.88. The minimum absolute atomic E-state index is 0.815. The minimum atomic E-state index is -1.29. The molecule has 2 aromatic rings. The molecule has 12 heavy (non-hydrogen) atoms. The fourth-order valence-electron chi connectivity index (χ4n) is 0.985. The van der Waals surface area contributed by atoms with Crippen LogP contribution in [0.1, 0.15) is 0 Å². The van der Waals surface area contributed by atoms with Crippen LogP contribution in [-0.2, 0) is 0 Å². The van der Waals surface area contributed by atoms with Crippen LogP contribution in [0.15, 0.2) is 45.6 Å². The van der Waals surface area contributed by atoms with E-state index in [1.54, 1.807) is 12.5 Å². The van der Waals surface area contributed by atoms with Crippen LogP contribution in [0.3, 0.4) is 0 Å². The van der Waals surface area contributed by atoms with E-state index in [0.717, 1.165) is 10.8 Å². The first-order valence-electron chi connectivity index (χ1n) is 3.58. The van der Waals surface area contributed by atoms with Crippen molar-refractivity contribution in [3.8, 4) is 0 Å². The highest BCUT2D eigenvalue weighted by molar-refractivity contribution is 6.80. The summed E-state index contributed by atoms with van der Waals surface area (Å²) < 4.78 is 10.4. The molecule has 0 saturated heterocycles. The van der Waals surface area contributed by atoms with Crippen LogP contribution in [0.4, 0.5) is 0 Å². The monoisotopic (exact) mass is 178 g/mol. The van der Waals surface area contributed by atoms with E-state index in [9.17, 15) is 0 Å². The molecule has 0 bridgehead atoms. The number of hydrogen-bond donors (Lipinski definition) is 1. The smallest absolute Gasteiger partial charge is 0.293 e. The molecule has 61 valence electrons. The van der Waals surface area contributed by atoms with E-state index >= 15 is 0 Å². The van der Waals surface area contributed by atoms with Crippen molar-refractivity contribution in [2.75, 3.05) is 0 Å². The van der Waals surface area contributed by atoms with E-state index in [4.69, 9.17) is 14.2 Å². The number of hydrogen-bond acceptors (Lipinski definition) is 3. The van der Waals surface area contributed by atoms with Crippen molar-refractivity contribution in [1.82, 2.24) is 0 Å². The molecule has 0 unspecified atom stereocenters. The molecule has 0 fully saturated rings. The zero-order valence-electron chi connectivity index (χ0n) is 6.36. The molecule has 0 amide bonds. The fourth-order valence-corrected chi connectivity index (χ4v) is 2.17. The Kier molecular flexibility index (Phi) is 1.85. The molecule has 0 aliphatic rings. The molecule has 0 saturated carbocycles. The quantitative estimate of drug-likeness (QED) is 0.655. The number of nitrogens with two attached hydrogens (primary N) is 1. The summed E-state index contributed by atoms with van der Waals surface area (Å²) in [6.45, 7) is 0. The van der Waals surface area contributed by atoms with Gasteiger partial charge in [0, 0.05) is 0 Å². The SMILES string of the molecule is N[Si](c1ccco1)c1ccco1. The highest BCUT2D eigenvalue weighted by atomic mass is 28.3. The maximum Gasteiger partial charge on any atom is 0.293 e. The first-order valence-corrected chi connectivity index (χ1v) is 5.16. The van der Waals surface area contributed by atoms with Crippen molar-refractivity contribution in [2.45, 2.75) is 0 Å². The van der Waals surface area contributed by atoms with Gasteiger partial charge in [-0.2, -0.15) is 0 Å². The Morgan fingerprint density at radius 3 is 1.83 bits per heavy atom. The van der Waals surface area contributed by atoms with E-state index in [1.807, 2.05) is 24.3 Å². The van der Waals surface area contributed by atoms with Gasteiger partial charge in [-0.1, -0.05) is 0 Å². The molecule has 2 heterocycles. The van der Waals surface area contributed by atoms with Gasteiger partial charge in [0.25, 0.3) is 8.96 Å². The van der Waals surface area contributed by atoms with Gasteiger partial charge < -0.3 is 14.2 Å². The van der Waals surface area contributed by atoms with Crippen LogP contribution in [-0.4, -0.2) is 8.96 Å². The molecule has 0 aliphatic heterocycles. The van der Waals surface area contributed by atoms with Gasteiger partial charge in [0.05, 0.1) is 12.5 Å². The van der Waals surface area contributed by atoms with E-state index in [1.165, 1.54) is 0 Å². The van der Waals surface area contributed by atoms with Crippen molar-refractivity contribution >= 4 is 19.7 Å². The standard InChI is InChI=1S/C8H8NO2Si/c9-12(7-3-1-5-10-7)8-4-2-6-11-8/h1-6H,9H2. The molecule has 3 nitrogen and oxygen atoms in total. The number of rotatable bonds is 2. The molecular formula is C8H8NO2Si. The molecule has 1 radical (unpaired) electrons. The lowest BCUT2D eigenvalue weighted by atomic mass is 10.7. The summed E-state index contributed by atoms with van der Waals surface area (Å²) in [5.74, 6) is 0. The van der Waals surface area contributed by atoms with Crippen LogP contribution in [0.2, 0.25) is 0 Å². The van der Waals surface area contributed by atoms with Crippen LogP contribution in [0.5, 0.6) is 0 Å². The van der Waals surface area contributed by atoms with Crippen LogP contribution < -0.4 is 16.2 Å². The third-order valence-corrected chi connectivity index (χ3v) is 3.20. The summed E-state index contributed by atoms with van der Waals surface area (Å²) in [5, 5.41) is 7.55. The Hall–Kier alpha value is -1.26. The van der Waals surface area contributed by atoms with Gasteiger partial charge >= 0.3 is 0 Å². The third kappa shape index (κ3) is 1.22. The van der Waals surface area contributed by atoms with Crippen molar-refractivity contribution in [3.05, 3.63) is 36.8 Å². The molecule has 0 aliphatic carbocycles. The maximum absolute atomic E-state index is 5.92. The van der Waals surface area contributed by atoms with Gasteiger partial charge in [-0.15, -0.1) is 0 Å². The van der Waals surface area contributed by atoms with E-state index < -0.39 is 8.96 Å². The van der Waals surface area contributed by atoms with Gasteiger partial charge in [-0.05, 0) is 24.3 Å². The second-order valence-electron chi connectivity index (χ2n) is 2.37. The summed E-state index contributed by atoms with van der Waals surface area (Å²) in [6, 6.07) is 7.40. The second-order valence-corrected chi connectivity index (χ2v) is 4.18. The molecule has 0 aromatic carbocycles. The molecule has 4 heteroatoms. The minimum Gasteiger partial charge on any atom is -0.472 e. The summed E-state index contributed by atoms with van der Waals surface area (Å²) >= 11 is 0. The van der Waals surface area contributed by atoms with Gasteiger partial charge in [0.15, 0.2) is 0 Å². The Bertz CT molecular complexity index is 294. The highest BCUT2D eigenvalue weighted by Crippen LogP contribution is 1.88. The Labute approximate surface area is 71.5 Å². The summed E-state index contributed by atoms with van der Waals surface area (Å²) in [5.41, 5.74) is 0. The van der Waals surface area contributed by atoms with Crippen molar-refractivity contribution in [1.29, 1.82) is 0 Å². The number of furan rings is 2. The molecule has 0 atom stereocenters. The van der Waals surface area contributed by atoms with E-state index in [0.29, 0.717) is 0 Å². The van der Waals surface area contributed by atoms with Crippen LogP contribution in [0, 0.1) is 0 Å². The first kappa shape index (κ1) is 7.39. The lowest BCUT2D eigenvalue weighted by Crippen LogP contribution is -2.49. The summed E-state index contributed by atoms with van der Waals surface area (Å²) in [4.78, 5) is 0.